The summed E-state index contributed by atoms with van der Waals surface area (Å²) in [6, 6.07) is 14.7. The first-order chi connectivity index (χ1) is 19.7. The van der Waals surface area contributed by atoms with Gasteiger partial charge >= 0.3 is 0 Å². The van der Waals surface area contributed by atoms with Crippen molar-refractivity contribution in [1.82, 2.24) is 25.3 Å². The Kier molecular flexibility index (Phi) is 8.44. The topological polar surface area (TPSA) is 122 Å². The van der Waals surface area contributed by atoms with Crippen molar-refractivity contribution < 1.29 is 23.2 Å². The minimum Gasteiger partial charge on any atom is -0.367 e. The van der Waals surface area contributed by atoms with Gasteiger partial charge in [-0.2, -0.15) is 5.10 Å². The lowest BCUT2D eigenvalue weighted by Gasteiger charge is -2.36. The highest BCUT2D eigenvalue weighted by Crippen LogP contribution is 2.40. The predicted octanol–water partition coefficient (Wildman–Crippen LogP) is 2.85. The number of nitrogens with zero attached hydrogens (tertiary/aromatic N) is 3. The summed E-state index contributed by atoms with van der Waals surface area (Å²) < 4.78 is 29.6. The third-order valence-electron chi connectivity index (χ3n) is 7.98. The number of halogens is 2. The van der Waals surface area contributed by atoms with Gasteiger partial charge in [0.05, 0.1) is 5.69 Å². The quantitative estimate of drug-likeness (QED) is 0.309. The van der Waals surface area contributed by atoms with Crippen LogP contribution >= 0.6 is 0 Å². The zero-order valence-electron chi connectivity index (χ0n) is 22.6. The molecule has 3 atom stereocenters. The molecular formula is C30H34F2N6O3. The summed E-state index contributed by atoms with van der Waals surface area (Å²) in [6.45, 7) is 0.724. The van der Waals surface area contributed by atoms with E-state index in [2.05, 4.69) is 15.7 Å². The van der Waals surface area contributed by atoms with E-state index in [1.807, 2.05) is 0 Å². The number of alkyl halides is 1. The fraction of sp³-hybridized carbons (Fsp3) is 0.400. The first-order valence-electron chi connectivity index (χ1n) is 13.9. The monoisotopic (exact) mass is 564 g/mol. The zero-order valence-corrected chi connectivity index (χ0v) is 22.6. The lowest BCUT2D eigenvalue weighted by molar-refractivity contribution is -0.141. The van der Waals surface area contributed by atoms with Crippen LogP contribution in [0, 0.1) is 5.82 Å². The number of benzene rings is 2. The van der Waals surface area contributed by atoms with Gasteiger partial charge in [-0.05, 0) is 73.8 Å². The van der Waals surface area contributed by atoms with Crippen molar-refractivity contribution in [2.45, 2.75) is 55.8 Å². The van der Waals surface area contributed by atoms with Crippen LogP contribution in [0.25, 0.3) is 5.69 Å². The van der Waals surface area contributed by atoms with Gasteiger partial charge in [0.25, 0.3) is 11.8 Å². The Hall–Kier alpha value is -4.12. The van der Waals surface area contributed by atoms with Crippen LogP contribution in [-0.4, -0.2) is 69.8 Å². The SMILES string of the molecule is NC(=O)C1(F)CCN(C(=O)C(CCCN[C@@H]2C[C@H]2c2ccc(F)cc2)NC(=O)c2ccc(-n3cccn3)cc2)CC1. The van der Waals surface area contributed by atoms with Gasteiger partial charge in [-0.25, -0.2) is 13.5 Å². The second-order valence-corrected chi connectivity index (χ2v) is 10.8. The number of hydrogen-bond acceptors (Lipinski definition) is 5. The van der Waals surface area contributed by atoms with E-state index in [-0.39, 0.29) is 43.7 Å². The van der Waals surface area contributed by atoms with Crippen LogP contribution in [0.1, 0.15) is 53.9 Å². The Balaban J connectivity index is 1.19. The maximum Gasteiger partial charge on any atom is 0.255 e. The maximum absolute atomic E-state index is 14.7. The minimum absolute atomic E-state index is 0.0445. The molecule has 0 radical (unpaired) electrons. The summed E-state index contributed by atoms with van der Waals surface area (Å²) >= 11 is 0. The molecular weight excluding hydrogens is 530 g/mol. The fourth-order valence-corrected chi connectivity index (χ4v) is 5.33. The first kappa shape index (κ1) is 28.4. The van der Waals surface area contributed by atoms with Gasteiger partial charge in [0.15, 0.2) is 5.67 Å². The lowest BCUT2D eigenvalue weighted by Crippen LogP contribution is -2.55. The summed E-state index contributed by atoms with van der Waals surface area (Å²) in [6.07, 6.45) is 5.07. The summed E-state index contributed by atoms with van der Waals surface area (Å²) in [5.41, 5.74) is 5.37. The average Bonchev–Trinajstić information content (AvgIpc) is 3.53. The highest BCUT2D eigenvalue weighted by Gasteiger charge is 2.42. The van der Waals surface area contributed by atoms with E-state index in [4.69, 9.17) is 5.73 Å². The van der Waals surface area contributed by atoms with Crippen LogP contribution in [0.4, 0.5) is 8.78 Å². The van der Waals surface area contributed by atoms with Gasteiger partial charge in [-0.15, -0.1) is 0 Å². The second-order valence-electron chi connectivity index (χ2n) is 10.8. The normalized spacial score (nSPS) is 20.3. The number of carbonyl (C=O) groups excluding carboxylic acids is 3. The molecule has 3 amide bonds. The van der Waals surface area contributed by atoms with E-state index < -0.39 is 23.5 Å². The van der Waals surface area contributed by atoms with Crippen molar-refractivity contribution in [1.29, 1.82) is 0 Å². The Morgan fingerprint density at radius 3 is 2.41 bits per heavy atom. The smallest absolute Gasteiger partial charge is 0.255 e. The molecule has 1 aliphatic heterocycles. The maximum atomic E-state index is 14.7. The molecule has 2 heterocycles. The van der Waals surface area contributed by atoms with Crippen molar-refractivity contribution in [2.24, 2.45) is 5.73 Å². The van der Waals surface area contributed by atoms with Crippen molar-refractivity contribution in [2.75, 3.05) is 19.6 Å². The number of hydrogen-bond donors (Lipinski definition) is 3. The Morgan fingerprint density at radius 1 is 1.07 bits per heavy atom. The van der Waals surface area contributed by atoms with Gasteiger partial charge in [0, 0.05) is 55.8 Å². The highest BCUT2D eigenvalue weighted by atomic mass is 19.1. The molecule has 11 heteroatoms. The van der Waals surface area contributed by atoms with Crippen LogP contribution in [0.5, 0.6) is 0 Å². The number of likely N-dealkylation sites (tertiary alicyclic amines) is 1. The Morgan fingerprint density at radius 2 is 1.78 bits per heavy atom. The molecule has 2 fully saturated rings. The number of primary amides is 1. The van der Waals surface area contributed by atoms with Crippen molar-refractivity contribution in [3.8, 4) is 5.69 Å². The van der Waals surface area contributed by atoms with Crippen molar-refractivity contribution in [3.63, 3.8) is 0 Å². The third kappa shape index (κ3) is 6.79. The largest absolute Gasteiger partial charge is 0.367 e. The van der Waals surface area contributed by atoms with Crippen molar-refractivity contribution in [3.05, 3.63) is 83.9 Å². The van der Waals surface area contributed by atoms with Crippen LogP contribution in [0.15, 0.2) is 67.0 Å². The van der Waals surface area contributed by atoms with E-state index in [1.165, 1.54) is 17.0 Å². The molecule has 1 aromatic heterocycles. The lowest BCUT2D eigenvalue weighted by atomic mass is 9.92. The number of carbonyl (C=O) groups is 3. The molecule has 1 saturated heterocycles. The first-order valence-corrected chi connectivity index (χ1v) is 13.9. The van der Waals surface area contributed by atoms with E-state index in [0.29, 0.717) is 30.9 Å². The molecule has 0 spiro atoms. The number of rotatable bonds is 11. The highest BCUT2D eigenvalue weighted by molar-refractivity contribution is 5.97. The van der Waals surface area contributed by atoms with E-state index >= 15 is 0 Å². The van der Waals surface area contributed by atoms with Gasteiger partial charge in [0.2, 0.25) is 5.91 Å². The molecule has 5 rings (SSSR count). The van der Waals surface area contributed by atoms with Gasteiger partial charge in [0.1, 0.15) is 11.9 Å². The molecule has 4 N–H and O–H groups in total. The summed E-state index contributed by atoms with van der Waals surface area (Å²) in [5.74, 6) is -1.65. The summed E-state index contributed by atoms with van der Waals surface area (Å²) in [5, 5.41) is 10.5. The van der Waals surface area contributed by atoms with E-state index in [1.54, 1.807) is 59.5 Å². The average molecular weight is 565 g/mol. The van der Waals surface area contributed by atoms with Gasteiger partial charge < -0.3 is 21.3 Å². The fourth-order valence-electron chi connectivity index (χ4n) is 5.33. The Bertz CT molecular complexity index is 1360. The summed E-state index contributed by atoms with van der Waals surface area (Å²) in [4.78, 5) is 39.6. The van der Waals surface area contributed by atoms with Crippen LogP contribution in [0.2, 0.25) is 0 Å². The Labute approximate surface area is 237 Å². The molecule has 1 aliphatic carbocycles. The standard InChI is InChI=1S/C30H34F2N6O3/c31-22-8-4-20(5-9-22)24-19-26(24)34-14-1-3-25(28(40)37-17-12-30(32,13-18-37)29(33)41)36-27(39)21-6-10-23(11-7-21)38-16-2-15-35-38/h2,4-11,15-16,24-26,34H,1,3,12-14,17-19H2,(H2,33,41)(H,36,39)/t24-,25?,26+/m0/s1. The molecule has 0 bridgehead atoms. The van der Waals surface area contributed by atoms with E-state index in [0.717, 1.165) is 17.7 Å². The minimum atomic E-state index is -2.12. The summed E-state index contributed by atoms with van der Waals surface area (Å²) in [7, 11) is 0. The molecule has 216 valence electrons. The number of piperidine rings is 1. The van der Waals surface area contributed by atoms with E-state index in [9.17, 15) is 23.2 Å². The third-order valence-corrected chi connectivity index (χ3v) is 7.98. The van der Waals surface area contributed by atoms with Crippen LogP contribution in [-0.2, 0) is 9.59 Å². The molecule has 2 aromatic carbocycles. The van der Waals surface area contributed by atoms with Gasteiger partial charge in [-0.3, -0.25) is 14.4 Å². The molecule has 41 heavy (non-hydrogen) atoms. The molecule has 3 aromatic rings. The van der Waals surface area contributed by atoms with Gasteiger partial charge in [-0.1, -0.05) is 12.1 Å². The molecule has 2 aliphatic rings. The molecule has 1 saturated carbocycles. The van der Waals surface area contributed by atoms with Crippen LogP contribution < -0.4 is 16.4 Å². The number of aromatic nitrogens is 2. The second kappa shape index (κ2) is 12.2. The van der Waals surface area contributed by atoms with Crippen LogP contribution in [0.3, 0.4) is 0 Å². The van der Waals surface area contributed by atoms with Crippen molar-refractivity contribution >= 4 is 17.7 Å². The molecule has 9 nitrogen and oxygen atoms in total. The number of amides is 3. The number of nitrogens with two attached hydrogens (primary N) is 1. The number of nitrogens with one attached hydrogen (secondary N) is 2. The predicted molar refractivity (Wildman–Crippen MR) is 148 cm³/mol. The molecule has 1 unspecified atom stereocenters. The zero-order chi connectivity index (χ0) is 29.0.